The maximum Gasteiger partial charge on any atom is 0.236 e. The first-order valence-electron chi connectivity index (χ1n) is 11.5. The van der Waals surface area contributed by atoms with Crippen molar-refractivity contribution in [3.8, 4) is 11.5 Å². The lowest BCUT2D eigenvalue weighted by molar-refractivity contribution is -0.134. The number of piperidine rings is 1. The number of thiophene rings is 1. The average Bonchev–Trinajstić information content (AvgIpc) is 3.30. The highest BCUT2D eigenvalue weighted by atomic mass is 32.1. The summed E-state index contributed by atoms with van der Waals surface area (Å²) in [5.74, 6) is 1.88. The fourth-order valence-electron chi connectivity index (χ4n) is 4.55. The second-order valence-corrected chi connectivity index (χ2v) is 9.61. The van der Waals surface area contributed by atoms with Gasteiger partial charge in [-0.2, -0.15) is 11.3 Å². The van der Waals surface area contributed by atoms with Gasteiger partial charge in [-0.15, -0.1) is 0 Å². The molecule has 0 unspecified atom stereocenters. The molecule has 0 bridgehead atoms. The molecule has 5 rings (SSSR count). The van der Waals surface area contributed by atoms with E-state index in [4.69, 9.17) is 9.47 Å². The van der Waals surface area contributed by atoms with E-state index in [9.17, 15) is 4.79 Å². The largest absolute Gasteiger partial charge is 0.489 e. The summed E-state index contributed by atoms with van der Waals surface area (Å²) in [5.41, 5.74) is 3.51. The van der Waals surface area contributed by atoms with E-state index in [-0.39, 0.29) is 18.1 Å². The number of hydrogen-bond acceptors (Lipinski definition) is 6. The van der Waals surface area contributed by atoms with Crippen molar-refractivity contribution in [2.45, 2.75) is 38.5 Å². The summed E-state index contributed by atoms with van der Waals surface area (Å²) in [6.07, 6.45) is 5.20. The number of carbonyl (C=O) groups is 1. The molecule has 0 spiro atoms. The monoisotopic (exact) mass is 463 g/mol. The molecule has 2 aliphatic rings. The maximum atomic E-state index is 13.2. The van der Waals surface area contributed by atoms with Gasteiger partial charge >= 0.3 is 0 Å². The molecule has 7 heteroatoms. The minimum atomic E-state index is -0.0772. The Kier molecular flexibility index (Phi) is 6.60. The fourth-order valence-corrected chi connectivity index (χ4v) is 5.25. The van der Waals surface area contributed by atoms with Crippen molar-refractivity contribution >= 4 is 17.2 Å². The smallest absolute Gasteiger partial charge is 0.236 e. The average molecular weight is 464 g/mol. The molecule has 2 aromatic heterocycles. The lowest BCUT2D eigenvalue weighted by atomic mass is 10.1. The Morgan fingerprint density at radius 2 is 2.12 bits per heavy atom. The van der Waals surface area contributed by atoms with E-state index < -0.39 is 0 Å². The van der Waals surface area contributed by atoms with Crippen molar-refractivity contribution in [2.24, 2.45) is 0 Å². The Morgan fingerprint density at radius 3 is 2.88 bits per heavy atom. The summed E-state index contributed by atoms with van der Waals surface area (Å²) < 4.78 is 12.4. The number of fused-ring (bicyclic) bond motifs is 1. The van der Waals surface area contributed by atoms with E-state index in [1.165, 1.54) is 11.1 Å². The minimum Gasteiger partial charge on any atom is -0.489 e. The van der Waals surface area contributed by atoms with Crippen molar-refractivity contribution < 1.29 is 14.3 Å². The summed E-state index contributed by atoms with van der Waals surface area (Å²) in [6, 6.07) is 12.2. The van der Waals surface area contributed by atoms with Crippen LogP contribution in [0, 0.1) is 6.92 Å². The molecule has 1 aromatic carbocycles. The van der Waals surface area contributed by atoms with Gasteiger partial charge in [-0.05, 0) is 41.9 Å². The van der Waals surface area contributed by atoms with Crippen LogP contribution < -0.4 is 9.47 Å². The number of carbonyl (C=O) groups excluding carboxylic acids is 1. The zero-order chi connectivity index (χ0) is 22.6. The summed E-state index contributed by atoms with van der Waals surface area (Å²) in [5, 5.41) is 4.21. The van der Waals surface area contributed by atoms with Crippen LogP contribution in [0.2, 0.25) is 0 Å². The highest BCUT2D eigenvalue weighted by Crippen LogP contribution is 2.32. The molecular weight excluding hydrogens is 434 g/mol. The molecule has 1 saturated heterocycles. The van der Waals surface area contributed by atoms with E-state index in [1.807, 2.05) is 17.0 Å². The van der Waals surface area contributed by atoms with Gasteiger partial charge in [0, 0.05) is 56.3 Å². The number of aromatic nitrogens is 1. The maximum absolute atomic E-state index is 13.2. The molecule has 0 aliphatic carbocycles. The van der Waals surface area contributed by atoms with Crippen molar-refractivity contribution in [3.63, 3.8) is 0 Å². The highest BCUT2D eigenvalue weighted by molar-refractivity contribution is 7.07. The first kappa shape index (κ1) is 21.9. The van der Waals surface area contributed by atoms with Crippen LogP contribution in [0.3, 0.4) is 0 Å². The van der Waals surface area contributed by atoms with Crippen LogP contribution in [0.15, 0.2) is 59.6 Å². The molecule has 33 heavy (non-hydrogen) atoms. The molecule has 0 N–H and O–H groups in total. The summed E-state index contributed by atoms with van der Waals surface area (Å²) in [4.78, 5) is 21.5. The third kappa shape index (κ3) is 5.37. The molecule has 4 heterocycles. The van der Waals surface area contributed by atoms with Crippen molar-refractivity contribution in [1.29, 1.82) is 0 Å². The number of rotatable bonds is 5. The van der Waals surface area contributed by atoms with E-state index in [1.54, 1.807) is 23.7 Å². The Balaban J connectivity index is 1.22. The Bertz CT molecular complexity index is 1070. The number of benzene rings is 1. The van der Waals surface area contributed by atoms with Gasteiger partial charge in [-0.25, -0.2) is 0 Å². The predicted molar refractivity (Wildman–Crippen MR) is 129 cm³/mol. The van der Waals surface area contributed by atoms with Gasteiger partial charge < -0.3 is 14.4 Å². The Morgan fingerprint density at radius 1 is 1.24 bits per heavy atom. The summed E-state index contributed by atoms with van der Waals surface area (Å²) in [7, 11) is 0. The van der Waals surface area contributed by atoms with Crippen molar-refractivity contribution in [2.75, 3.05) is 26.2 Å². The number of nitrogens with zero attached hydrogens (tertiary/aromatic N) is 3. The lowest BCUT2D eigenvalue weighted by Crippen LogP contribution is -2.46. The predicted octanol–water partition coefficient (Wildman–Crippen LogP) is 4.46. The number of likely N-dealkylation sites (tertiary alicyclic amines) is 1. The highest BCUT2D eigenvalue weighted by Gasteiger charge is 2.29. The van der Waals surface area contributed by atoms with Crippen LogP contribution >= 0.6 is 11.3 Å². The number of ether oxygens (including phenoxy) is 2. The number of pyridine rings is 1. The summed E-state index contributed by atoms with van der Waals surface area (Å²) in [6.45, 7) is 5.33. The van der Waals surface area contributed by atoms with Gasteiger partial charge in [0.1, 0.15) is 23.7 Å². The van der Waals surface area contributed by atoms with E-state index in [2.05, 4.69) is 51.8 Å². The molecule has 6 nitrogen and oxygen atoms in total. The second-order valence-electron chi connectivity index (χ2n) is 8.83. The quantitative estimate of drug-likeness (QED) is 0.559. The van der Waals surface area contributed by atoms with Crippen LogP contribution in [0.4, 0.5) is 0 Å². The third-order valence-corrected chi connectivity index (χ3v) is 7.01. The molecule has 172 valence electrons. The molecular formula is C26H29N3O3S. The minimum absolute atomic E-state index is 0.0772. The molecule has 2 aliphatic heterocycles. The molecule has 1 atom stereocenters. The zero-order valence-corrected chi connectivity index (χ0v) is 19.7. The lowest BCUT2D eigenvalue weighted by Gasteiger charge is -2.33. The molecule has 1 amide bonds. The SMILES string of the molecule is Cc1ccc2c(c1)CN(CC(=O)N1CCC(Oc3cccnc3)CC1)C[C@@H](c1ccsc1)O2. The Hall–Kier alpha value is -2.90. The van der Waals surface area contributed by atoms with Gasteiger partial charge in [0.15, 0.2) is 0 Å². The standard InChI is InChI=1S/C26H29N3O3S/c1-19-4-5-24-21(13-19)15-28(16-25(32-24)20-8-12-33-18-20)17-26(30)29-10-6-22(7-11-29)31-23-3-2-9-27-14-23/h2-5,8-9,12-14,18,22,25H,6-7,10-11,15-17H2,1H3/t25-/m0/s1. The van der Waals surface area contributed by atoms with Gasteiger partial charge in [0.2, 0.25) is 5.91 Å². The van der Waals surface area contributed by atoms with E-state index in [0.29, 0.717) is 19.6 Å². The van der Waals surface area contributed by atoms with Gasteiger partial charge in [0.25, 0.3) is 0 Å². The topological polar surface area (TPSA) is 54.9 Å². The van der Waals surface area contributed by atoms with Crippen LogP contribution in [0.5, 0.6) is 11.5 Å². The number of amides is 1. The van der Waals surface area contributed by atoms with Crippen molar-refractivity contribution in [3.05, 3.63) is 76.2 Å². The van der Waals surface area contributed by atoms with Crippen LogP contribution in [0.25, 0.3) is 0 Å². The fraction of sp³-hybridized carbons (Fsp3) is 0.385. The molecule has 3 aromatic rings. The van der Waals surface area contributed by atoms with Gasteiger partial charge in [-0.1, -0.05) is 17.7 Å². The summed E-state index contributed by atoms with van der Waals surface area (Å²) >= 11 is 1.67. The van der Waals surface area contributed by atoms with Crippen molar-refractivity contribution in [1.82, 2.24) is 14.8 Å². The van der Waals surface area contributed by atoms with Crippen LogP contribution in [-0.2, 0) is 11.3 Å². The number of aryl methyl sites for hydroxylation is 1. The first-order valence-corrected chi connectivity index (χ1v) is 12.4. The Labute approximate surface area is 198 Å². The molecule has 0 radical (unpaired) electrons. The van der Waals surface area contributed by atoms with Crippen LogP contribution in [0.1, 0.15) is 35.6 Å². The second kappa shape index (κ2) is 9.93. The van der Waals surface area contributed by atoms with E-state index in [0.717, 1.165) is 43.0 Å². The molecule has 1 fully saturated rings. The normalized spacial score (nSPS) is 19.4. The zero-order valence-electron chi connectivity index (χ0n) is 18.9. The first-order chi connectivity index (χ1) is 16.1. The van der Waals surface area contributed by atoms with Crippen LogP contribution in [-0.4, -0.2) is 53.0 Å². The number of hydrogen-bond donors (Lipinski definition) is 0. The molecule has 0 saturated carbocycles. The van der Waals surface area contributed by atoms with Gasteiger partial charge in [0.05, 0.1) is 12.7 Å². The third-order valence-electron chi connectivity index (χ3n) is 6.31. The van der Waals surface area contributed by atoms with E-state index >= 15 is 0 Å². The van der Waals surface area contributed by atoms with Gasteiger partial charge in [-0.3, -0.25) is 14.7 Å².